The van der Waals surface area contributed by atoms with Crippen LogP contribution in [0.15, 0.2) is 24.3 Å². The Morgan fingerprint density at radius 1 is 1.30 bits per heavy atom. The molecule has 1 saturated carbocycles. The minimum atomic E-state index is 0.113. The van der Waals surface area contributed by atoms with Crippen LogP contribution in [0.2, 0.25) is 0 Å². The van der Waals surface area contributed by atoms with Gasteiger partial charge in [-0.2, -0.15) is 0 Å². The number of carbonyl (C=O) groups excluding carboxylic acids is 1. The van der Waals surface area contributed by atoms with Crippen molar-refractivity contribution in [2.45, 2.75) is 18.4 Å². The van der Waals surface area contributed by atoms with Gasteiger partial charge in [0, 0.05) is 18.7 Å². The van der Waals surface area contributed by atoms with E-state index in [1.807, 2.05) is 0 Å². The number of nitrogens with zero attached hydrogens (tertiary/aromatic N) is 2. The fraction of sp³-hybridized carbons (Fsp3) is 0.500. The van der Waals surface area contributed by atoms with Crippen molar-refractivity contribution in [2.24, 2.45) is 11.8 Å². The molecule has 102 valence electrons. The summed E-state index contributed by atoms with van der Waals surface area (Å²) < 4.78 is 0. The van der Waals surface area contributed by atoms with Gasteiger partial charge in [0.05, 0.1) is 19.4 Å². The predicted octanol–water partition coefficient (Wildman–Crippen LogP) is 2.00. The minimum absolute atomic E-state index is 0.113. The highest BCUT2D eigenvalue weighted by atomic mass is 16.3. The molecule has 2 atom stereocenters. The van der Waals surface area contributed by atoms with Crippen molar-refractivity contribution in [1.82, 2.24) is 4.90 Å². The van der Waals surface area contributed by atoms with Crippen LogP contribution in [-0.4, -0.2) is 41.0 Å². The second kappa shape index (κ2) is 4.07. The number of hydrogen-bond donors (Lipinski definition) is 1. The molecule has 1 N–H and O–H groups in total. The van der Waals surface area contributed by atoms with Crippen molar-refractivity contribution < 1.29 is 9.90 Å². The monoisotopic (exact) mass is 269 g/mol. The van der Waals surface area contributed by atoms with Crippen molar-refractivity contribution in [2.75, 3.05) is 19.6 Å². The summed E-state index contributed by atoms with van der Waals surface area (Å²) in [5.41, 5.74) is 0.790. The van der Waals surface area contributed by atoms with Crippen LogP contribution in [0, 0.1) is 17.9 Å². The van der Waals surface area contributed by atoms with E-state index in [0.717, 1.165) is 25.9 Å². The van der Waals surface area contributed by atoms with E-state index in [2.05, 4.69) is 15.8 Å². The maximum atomic E-state index is 12.2. The van der Waals surface area contributed by atoms with Crippen LogP contribution in [0.3, 0.4) is 0 Å². The van der Waals surface area contributed by atoms with E-state index in [-0.39, 0.29) is 17.1 Å². The summed E-state index contributed by atoms with van der Waals surface area (Å²) in [5, 5.41) is 9.25. The van der Waals surface area contributed by atoms with E-state index in [0.29, 0.717) is 23.9 Å². The number of phenols is 1. The van der Waals surface area contributed by atoms with E-state index in [9.17, 15) is 9.90 Å². The molecule has 4 heteroatoms. The molecule has 1 aromatic carbocycles. The molecule has 1 aromatic rings. The zero-order valence-electron chi connectivity index (χ0n) is 11.2. The van der Waals surface area contributed by atoms with E-state index in [1.54, 1.807) is 24.3 Å². The molecule has 2 unspecified atom stereocenters. The van der Waals surface area contributed by atoms with Gasteiger partial charge in [-0.3, -0.25) is 9.69 Å². The molecular formula is C16H17N2O2+. The number of aromatic hydroxyl groups is 1. The average molecular weight is 269 g/mol. The first-order chi connectivity index (χ1) is 9.63. The first kappa shape index (κ1) is 11.9. The summed E-state index contributed by atoms with van der Waals surface area (Å²) in [6, 6.07) is 9.65. The molecule has 1 saturated heterocycles. The summed E-state index contributed by atoms with van der Waals surface area (Å²) in [6.07, 6.45) is 2.25. The SMILES string of the molecule is O=C(CN1CC2CC3(C#[N+]3)CC2C1)c1ccc(O)cc1. The van der Waals surface area contributed by atoms with Gasteiger partial charge in [0.15, 0.2) is 5.78 Å². The highest BCUT2D eigenvalue weighted by molar-refractivity contribution is 5.97. The molecule has 0 bridgehead atoms. The Morgan fingerprint density at radius 3 is 2.45 bits per heavy atom. The lowest BCUT2D eigenvalue weighted by Gasteiger charge is -2.15. The van der Waals surface area contributed by atoms with Gasteiger partial charge in [-0.1, -0.05) is 0 Å². The van der Waals surface area contributed by atoms with Gasteiger partial charge in [-0.25, -0.2) is 0 Å². The molecule has 0 amide bonds. The molecular weight excluding hydrogens is 252 g/mol. The maximum absolute atomic E-state index is 12.2. The van der Waals surface area contributed by atoms with Gasteiger partial charge in [0.2, 0.25) is 0 Å². The first-order valence-corrected chi connectivity index (χ1v) is 7.17. The Bertz CT molecular complexity index is 602. The number of fused-ring (bicyclic) bond motifs is 1. The number of rotatable bonds is 3. The molecule has 1 spiro atoms. The number of ketones is 1. The second-order valence-corrected chi connectivity index (χ2v) is 6.35. The molecule has 2 fully saturated rings. The Morgan fingerprint density at radius 2 is 1.90 bits per heavy atom. The number of benzene rings is 1. The topological polar surface area (TPSA) is 44.9 Å². The predicted molar refractivity (Wildman–Crippen MR) is 75.1 cm³/mol. The van der Waals surface area contributed by atoms with Gasteiger partial charge in [0.25, 0.3) is 0 Å². The second-order valence-electron chi connectivity index (χ2n) is 6.35. The van der Waals surface area contributed by atoms with Gasteiger partial charge in [-0.05, 0) is 40.9 Å². The summed E-state index contributed by atoms with van der Waals surface area (Å²) in [6.45, 7) is 2.50. The molecule has 0 radical (unpaired) electrons. The summed E-state index contributed by atoms with van der Waals surface area (Å²) in [7, 11) is 0. The molecule has 0 aromatic heterocycles. The smallest absolute Gasteiger partial charge is 0.407 e. The Labute approximate surface area is 117 Å². The normalized spacial score (nSPS) is 33.8. The zero-order chi connectivity index (χ0) is 13.7. The van der Waals surface area contributed by atoms with Crippen molar-refractivity contribution in [1.29, 1.82) is 0 Å². The number of Topliss-reactive ketones (excluding diaryl/α,β-unsaturated/α-hetero) is 1. The van der Waals surface area contributed by atoms with Crippen LogP contribution in [-0.2, 0) is 0 Å². The third-order valence-corrected chi connectivity index (χ3v) is 4.84. The van der Waals surface area contributed by atoms with Crippen molar-refractivity contribution in [3.63, 3.8) is 0 Å². The number of carbonyl (C=O) groups is 1. The van der Waals surface area contributed by atoms with Crippen LogP contribution in [0.25, 0.3) is 4.85 Å². The molecule has 2 heterocycles. The Balaban J connectivity index is 1.36. The molecule has 4 rings (SSSR count). The number of likely N-dealkylation sites (tertiary alicyclic amines) is 1. The van der Waals surface area contributed by atoms with E-state index in [1.165, 1.54) is 0 Å². The van der Waals surface area contributed by atoms with Crippen LogP contribution < -0.4 is 0 Å². The molecule has 2 aliphatic heterocycles. The highest BCUT2D eigenvalue weighted by Crippen LogP contribution is 2.50. The van der Waals surface area contributed by atoms with E-state index >= 15 is 0 Å². The summed E-state index contributed by atoms with van der Waals surface area (Å²) in [4.78, 5) is 18.8. The Hall–Kier alpha value is -1.86. The average Bonchev–Trinajstić information content (AvgIpc) is 2.94. The van der Waals surface area contributed by atoms with Crippen LogP contribution >= 0.6 is 0 Å². The maximum Gasteiger partial charge on any atom is 0.407 e. The number of phenolic OH excluding ortho intramolecular Hbond substituents is 1. The van der Waals surface area contributed by atoms with Gasteiger partial charge in [-0.15, -0.1) is 0 Å². The van der Waals surface area contributed by atoms with Crippen LogP contribution in [0.1, 0.15) is 23.2 Å². The minimum Gasteiger partial charge on any atom is -0.508 e. The van der Waals surface area contributed by atoms with Crippen molar-refractivity contribution >= 4 is 5.78 Å². The quantitative estimate of drug-likeness (QED) is 0.854. The lowest BCUT2D eigenvalue weighted by atomic mass is 10.0. The zero-order valence-corrected chi connectivity index (χ0v) is 11.2. The molecule has 3 aliphatic rings. The van der Waals surface area contributed by atoms with E-state index in [4.69, 9.17) is 0 Å². The highest BCUT2D eigenvalue weighted by Gasteiger charge is 2.65. The van der Waals surface area contributed by atoms with Crippen molar-refractivity contribution in [3.05, 3.63) is 34.7 Å². The standard InChI is InChI=1S/C16H16N2O2/c19-14-3-1-11(2-4-14)15(20)9-18-7-12-5-16(10-17-16)6-13(12)8-18/h1-4,12-13H,5-9H2/p+1. The molecule has 1 aliphatic carbocycles. The van der Waals surface area contributed by atoms with Gasteiger partial charge < -0.3 is 5.11 Å². The van der Waals surface area contributed by atoms with Crippen LogP contribution in [0.5, 0.6) is 5.75 Å². The summed E-state index contributed by atoms with van der Waals surface area (Å²) >= 11 is 0. The third-order valence-electron chi connectivity index (χ3n) is 4.84. The van der Waals surface area contributed by atoms with E-state index < -0.39 is 0 Å². The van der Waals surface area contributed by atoms with Crippen LogP contribution in [0.4, 0.5) is 0 Å². The largest absolute Gasteiger partial charge is 0.508 e. The first-order valence-electron chi connectivity index (χ1n) is 7.17. The number of hydrogen-bond acceptors (Lipinski definition) is 3. The fourth-order valence-electron chi connectivity index (χ4n) is 3.78. The molecule has 4 nitrogen and oxygen atoms in total. The third kappa shape index (κ3) is 1.99. The lowest BCUT2D eigenvalue weighted by Crippen LogP contribution is -2.29. The summed E-state index contributed by atoms with van der Waals surface area (Å²) in [5.74, 6) is 1.69. The molecule has 20 heavy (non-hydrogen) atoms. The fourth-order valence-corrected chi connectivity index (χ4v) is 3.78. The lowest BCUT2D eigenvalue weighted by molar-refractivity contribution is 0.0940. The van der Waals surface area contributed by atoms with Gasteiger partial charge in [0.1, 0.15) is 5.75 Å². The van der Waals surface area contributed by atoms with Gasteiger partial charge >= 0.3 is 11.6 Å². The van der Waals surface area contributed by atoms with Crippen molar-refractivity contribution in [3.8, 4) is 11.8 Å². The Kier molecular flexibility index (Phi) is 2.42.